The third kappa shape index (κ3) is 5.28. The summed E-state index contributed by atoms with van der Waals surface area (Å²) in [5, 5.41) is 3.84. The molecule has 0 aliphatic heterocycles. The van der Waals surface area contributed by atoms with E-state index >= 15 is 0 Å². The van der Waals surface area contributed by atoms with E-state index in [2.05, 4.69) is 23.1 Å². The molecule has 0 spiro atoms. The number of alkyl halides is 3. The van der Waals surface area contributed by atoms with Crippen LogP contribution in [0, 0.1) is 0 Å². The van der Waals surface area contributed by atoms with Crippen LogP contribution in [0.2, 0.25) is 0 Å². The van der Waals surface area contributed by atoms with Gasteiger partial charge in [-0.3, -0.25) is 9.79 Å². The molecular weight excluding hydrogens is 421 g/mol. The zero-order valence-corrected chi connectivity index (χ0v) is 17.9. The number of likely N-dealkylation sites (N-methyl/N-ethyl adjacent to an activating group) is 1. The minimum Gasteiger partial charge on any atom is -0.489 e. The van der Waals surface area contributed by atoms with Crippen LogP contribution in [0.4, 0.5) is 18.9 Å². The molecule has 32 heavy (non-hydrogen) atoms. The monoisotopic (exact) mass is 446 g/mol. The first-order valence-electron chi connectivity index (χ1n) is 10.0. The second kappa shape index (κ2) is 9.86. The van der Waals surface area contributed by atoms with Crippen molar-refractivity contribution in [2.45, 2.75) is 6.18 Å². The van der Waals surface area contributed by atoms with Crippen LogP contribution >= 0.6 is 0 Å². The van der Waals surface area contributed by atoms with Crippen LogP contribution in [-0.2, 0) is 11.8 Å². The van der Waals surface area contributed by atoms with Gasteiger partial charge in [0.05, 0.1) is 6.54 Å². The summed E-state index contributed by atoms with van der Waals surface area (Å²) in [4.78, 5) is 16.3. The molecule has 1 heterocycles. The fourth-order valence-corrected chi connectivity index (χ4v) is 3.41. The number of carbonyl (C=O) groups is 1. The molecule has 0 atom stereocenters. The first-order chi connectivity index (χ1) is 15.2. The van der Waals surface area contributed by atoms with E-state index in [-0.39, 0.29) is 26.2 Å². The van der Waals surface area contributed by atoms with E-state index in [4.69, 9.17) is 4.74 Å². The molecule has 170 valence electrons. The van der Waals surface area contributed by atoms with Gasteiger partial charge in [0.1, 0.15) is 18.0 Å². The van der Waals surface area contributed by atoms with Crippen LogP contribution in [0.15, 0.2) is 53.7 Å². The smallest absolute Gasteiger partial charge is 0.471 e. The molecule has 6 nitrogen and oxygen atoms in total. The Morgan fingerprint density at radius 2 is 1.88 bits per heavy atom. The zero-order chi connectivity index (χ0) is 23.3. The number of amides is 1. The molecule has 0 radical (unpaired) electrons. The molecule has 0 unspecified atom stereocenters. The Morgan fingerprint density at radius 3 is 2.56 bits per heavy atom. The normalized spacial score (nSPS) is 11.5. The van der Waals surface area contributed by atoms with Crippen LogP contribution in [0.3, 0.4) is 0 Å². The van der Waals surface area contributed by atoms with Gasteiger partial charge in [-0.1, -0.05) is 12.1 Å². The lowest BCUT2D eigenvalue weighted by atomic mass is 10.0. The van der Waals surface area contributed by atoms with Crippen molar-refractivity contribution in [1.29, 1.82) is 0 Å². The number of aryl methyl sites for hydroxylation is 1. The molecule has 2 aromatic carbocycles. The number of nitrogens with zero attached hydrogens (tertiary/aromatic N) is 3. The number of ether oxygens (including phenoxy) is 1. The fraction of sp³-hybridized carbons (Fsp3) is 0.304. The second-order valence-corrected chi connectivity index (χ2v) is 7.28. The maximum absolute atomic E-state index is 12.8. The summed E-state index contributed by atoms with van der Waals surface area (Å²) in [5.74, 6) is -1.50. The highest BCUT2D eigenvalue weighted by molar-refractivity contribution is 5.86. The van der Waals surface area contributed by atoms with Crippen LogP contribution in [0.1, 0.15) is 0 Å². The van der Waals surface area contributed by atoms with Crippen molar-refractivity contribution in [3.63, 3.8) is 0 Å². The molecule has 1 amide bonds. The number of hydrogen-bond donors (Lipinski definition) is 1. The van der Waals surface area contributed by atoms with Gasteiger partial charge in [0.2, 0.25) is 0 Å². The van der Waals surface area contributed by atoms with Crippen molar-refractivity contribution < 1.29 is 22.7 Å². The summed E-state index contributed by atoms with van der Waals surface area (Å²) < 4.78 is 46.2. The standard InChI is InChI=1S/C23H25F3N4O2/c1-27-9-11-30(22(31)23(24,25)26)12-13-32-21-7-5-17(15-19(21)28-2)16-4-6-20-18(14-16)8-10-29(20)3/h4-8,10,14-15,27H,2,9,11-13H2,1,3H3. The fourth-order valence-electron chi connectivity index (χ4n) is 3.41. The number of aromatic nitrogens is 1. The van der Waals surface area contributed by atoms with E-state index < -0.39 is 12.1 Å². The maximum Gasteiger partial charge on any atom is 0.471 e. The Hall–Kier alpha value is -3.33. The molecule has 9 heteroatoms. The number of fused-ring (bicyclic) bond motifs is 1. The van der Waals surface area contributed by atoms with Crippen molar-refractivity contribution in [2.24, 2.45) is 12.0 Å². The number of aliphatic imine (C=N–C) groups is 1. The molecule has 0 aliphatic rings. The van der Waals surface area contributed by atoms with Crippen LogP contribution in [0.25, 0.3) is 22.0 Å². The van der Waals surface area contributed by atoms with Crippen molar-refractivity contribution in [3.05, 3.63) is 48.7 Å². The number of halogens is 3. The number of hydrogen-bond acceptors (Lipinski definition) is 4. The lowest BCUT2D eigenvalue weighted by molar-refractivity contribution is -0.185. The average Bonchev–Trinajstić information content (AvgIpc) is 3.15. The van der Waals surface area contributed by atoms with E-state index in [0.29, 0.717) is 11.4 Å². The summed E-state index contributed by atoms with van der Waals surface area (Å²) in [6.45, 7) is 3.42. The SMILES string of the molecule is C=Nc1cc(-c2ccc3c(ccn3C)c2)ccc1OCCN(CCNC)C(=O)C(F)(F)F. The summed E-state index contributed by atoms with van der Waals surface area (Å²) >= 11 is 0. The maximum atomic E-state index is 12.8. The van der Waals surface area contributed by atoms with E-state index in [1.807, 2.05) is 48.1 Å². The van der Waals surface area contributed by atoms with E-state index in [0.717, 1.165) is 26.9 Å². The van der Waals surface area contributed by atoms with Gasteiger partial charge in [0.25, 0.3) is 0 Å². The minimum absolute atomic E-state index is 0.0777. The van der Waals surface area contributed by atoms with Crippen LogP contribution in [0.5, 0.6) is 5.75 Å². The lowest BCUT2D eigenvalue weighted by Gasteiger charge is -2.23. The molecule has 0 saturated heterocycles. The number of carbonyl (C=O) groups excluding carboxylic acids is 1. The van der Waals surface area contributed by atoms with Gasteiger partial charge < -0.3 is 19.5 Å². The van der Waals surface area contributed by atoms with Crippen molar-refractivity contribution >= 4 is 29.2 Å². The second-order valence-electron chi connectivity index (χ2n) is 7.28. The third-order valence-electron chi connectivity index (χ3n) is 5.13. The molecule has 0 fully saturated rings. The predicted octanol–water partition coefficient (Wildman–Crippen LogP) is 4.17. The van der Waals surface area contributed by atoms with Gasteiger partial charge in [-0.05, 0) is 55.2 Å². The molecule has 1 aromatic heterocycles. The molecule has 3 rings (SSSR count). The Bertz CT molecular complexity index is 1110. The minimum atomic E-state index is -4.93. The molecule has 0 saturated carbocycles. The van der Waals surface area contributed by atoms with Crippen LogP contribution in [-0.4, -0.2) is 61.6 Å². The molecular formula is C23H25F3N4O2. The van der Waals surface area contributed by atoms with Gasteiger partial charge >= 0.3 is 12.1 Å². The predicted molar refractivity (Wildman–Crippen MR) is 120 cm³/mol. The quantitative estimate of drug-likeness (QED) is 0.502. The Kier molecular flexibility index (Phi) is 7.19. The first-order valence-corrected chi connectivity index (χ1v) is 10.0. The Morgan fingerprint density at radius 1 is 1.16 bits per heavy atom. The highest BCUT2D eigenvalue weighted by atomic mass is 19.4. The van der Waals surface area contributed by atoms with Crippen molar-refractivity contribution in [3.8, 4) is 16.9 Å². The lowest BCUT2D eigenvalue weighted by Crippen LogP contribution is -2.45. The van der Waals surface area contributed by atoms with Gasteiger partial charge in [0, 0.05) is 37.2 Å². The number of rotatable bonds is 9. The van der Waals surface area contributed by atoms with Gasteiger partial charge in [-0.2, -0.15) is 13.2 Å². The van der Waals surface area contributed by atoms with Crippen molar-refractivity contribution in [2.75, 3.05) is 33.3 Å². The molecule has 3 aromatic rings. The zero-order valence-electron chi connectivity index (χ0n) is 17.9. The number of benzene rings is 2. The highest BCUT2D eigenvalue weighted by Crippen LogP contribution is 2.34. The topological polar surface area (TPSA) is 58.9 Å². The van der Waals surface area contributed by atoms with E-state index in [1.54, 1.807) is 13.1 Å². The Balaban J connectivity index is 1.72. The number of nitrogens with one attached hydrogen (secondary N) is 1. The van der Waals surface area contributed by atoms with E-state index in [1.165, 1.54) is 0 Å². The molecule has 1 N–H and O–H groups in total. The van der Waals surface area contributed by atoms with Crippen LogP contribution < -0.4 is 10.1 Å². The summed E-state index contributed by atoms with van der Waals surface area (Å²) in [6, 6.07) is 13.5. The van der Waals surface area contributed by atoms with Gasteiger partial charge in [0.15, 0.2) is 0 Å². The first kappa shape index (κ1) is 23.3. The largest absolute Gasteiger partial charge is 0.489 e. The third-order valence-corrected chi connectivity index (χ3v) is 5.13. The summed E-state index contributed by atoms with van der Waals surface area (Å²) in [6.07, 6.45) is -2.94. The van der Waals surface area contributed by atoms with E-state index in [9.17, 15) is 18.0 Å². The Labute approximate surface area is 184 Å². The van der Waals surface area contributed by atoms with Gasteiger partial charge in [-0.15, -0.1) is 0 Å². The highest BCUT2D eigenvalue weighted by Gasteiger charge is 2.42. The average molecular weight is 446 g/mol. The van der Waals surface area contributed by atoms with Gasteiger partial charge in [-0.25, -0.2) is 0 Å². The summed E-state index contributed by atoms with van der Waals surface area (Å²) in [7, 11) is 3.59. The summed E-state index contributed by atoms with van der Waals surface area (Å²) in [5.41, 5.74) is 3.49. The molecule has 0 bridgehead atoms. The molecule has 0 aliphatic carbocycles. The van der Waals surface area contributed by atoms with Crippen molar-refractivity contribution in [1.82, 2.24) is 14.8 Å².